The zero-order valence-corrected chi connectivity index (χ0v) is 25.8. The van der Waals surface area contributed by atoms with Crippen LogP contribution in [0.25, 0.3) is 16.9 Å². The summed E-state index contributed by atoms with van der Waals surface area (Å²) in [5, 5.41) is 11.4. The molecule has 0 saturated carbocycles. The van der Waals surface area contributed by atoms with Crippen molar-refractivity contribution < 1.29 is 32.6 Å². The van der Waals surface area contributed by atoms with Gasteiger partial charge in [-0.1, -0.05) is 19.1 Å². The van der Waals surface area contributed by atoms with Gasteiger partial charge in [0.05, 0.1) is 30.7 Å². The molecule has 4 heterocycles. The number of fused-ring (bicyclic) bond motifs is 1. The molecule has 0 spiro atoms. The van der Waals surface area contributed by atoms with Gasteiger partial charge in [-0.2, -0.15) is 19.0 Å². The molecular formula is C33H33F2N7O5. The van der Waals surface area contributed by atoms with Gasteiger partial charge in [-0.25, -0.2) is 9.50 Å². The zero-order chi connectivity index (χ0) is 32.9. The Hall–Kier alpha value is -5.21. The highest BCUT2D eigenvalue weighted by molar-refractivity contribution is 6.09. The summed E-state index contributed by atoms with van der Waals surface area (Å²) >= 11 is 0. The largest absolute Gasteiger partial charge is 0.457 e. The number of anilines is 1. The molecule has 1 aliphatic rings. The SMILES string of the molecule is CC(CCN1CCOCC1)C(=O)c1cccc(Oc2ccc(OC(F)F)c(-c3nn(C)cc3NC(=O)c3cnn4cccnc34)c2)c1. The fraction of sp³-hybridized carbons (Fsp3) is 0.303. The van der Waals surface area contributed by atoms with E-state index >= 15 is 0 Å². The van der Waals surface area contributed by atoms with Crippen molar-refractivity contribution in [1.82, 2.24) is 29.3 Å². The van der Waals surface area contributed by atoms with Crippen LogP contribution in [0.2, 0.25) is 0 Å². The number of carbonyl (C=O) groups is 2. The zero-order valence-electron chi connectivity index (χ0n) is 25.8. The van der Waals surface area contributed by atoms with E-state index in [0.717, 1.165) is 26.1 Å². The maximum Gasteiger partial charge on any atom is 0.387 e. The first-order valence-electron chi connectivity index (χ1n) is 15.1. The number of nitrogens with zero attached hydrogens (tertiary/aromatic N) is 6. The predicted molar refractivity (Wildman–Crippen MR) is 168 cm³/mol. The molecule has 0 bridgehead atoms. The molecule has 12 nitrogen and oxygen atoms in total. The van der Waals surface area contributed by atoms with Crippen LogP contribution in [-0.2, 0) is 11.8 Å². The Balaban J connectivity index is 1.23. The Labute approximate surface area is 268 Å². The van der Waals surface area contributed by atoms with E-state index in [9.17, 15) is 18.4 Å². The lowest BCUT2D eigenvalue weighted by molar-refractivity contribution is -0.0494. The Morgan fingerprint density at radius 3 is 2.70 bits per heavy atom. The first-order chi connectivity index (χ1) is 22.7. The van der Waals surface area contributed by atoms with Gasteiger partial charge in [-0.3, -0.25) is 19.2 Å². The standard InChI is InChI=1S/C33H33F2N7O5/c1-21(9-12-41-13-15-45-16-14-41)30(43)22-5-3-6-23(17-22)46-24-7-8-28(47-33(34)35)25(18-24)29-27(20-40(2)39-29)38-32(44)26-19-37-42-11-4-10-36-31(26)42/h3-8,10-11,17-21,33H,9,12-16H2,1-2H3,(H,38,44). The summed E-state index contributed by atoms with van der Waals surface area (Å²) in [4.78, 5) is 33.0. The first kappa shape index (κ1) is 31.8. The quantitative estimate of drug-likeness (QED) is 0.180. The van der Waals surface area contributed by atoms with Gasteiger partial charge in [0.15, 0.2) is 11.4 Å². The molecule has 0 aliphatic carbocycles. The van der Waals surface area contributed by atoms with Gasteiger partial charge in [0.2, 0.25) is 0 Å². The summed E-state index contributed by atoms with van der Waals surface area (Å²) < 4.78 is 46.1. The number of morpholine rings is 1. The fourth-order valence-corrected chi connectivity index (χ4v) is 5.38. The van der Waals surface area contributed by atoms with Gasteiger partial charge in [-0.05, 0) is 49.4 Å². The van der Waals surface area contributed by atoms with E-state index in [1.54, 1.807) is 56.0 Å². The number of carbonyl (C=O) groups excluding carboxylic acids is 2. The minimum absolute atomic E-state index is 0.000324. The van der Waals surface area contributed by atoms with Crippen molar-refractivity contribution in [3.8, 4) is 28.5 Å². The number of rotatable bonds is 12. The van der Waals surface area contributed by atoms with Crippen molar-refractivity contribution in [3.63, 3.8) is 0 Å². The highest BCUT2D eigenvalue weighted by atomic mass is 19.3. The summed E-state index contributed by atoms with van der Waals surface area (Å²) in [5.41, 5.74) is 1.63. The summed E-state index contributed by atoms with van der Waals surface area (Å²) in [6, 6.07) is 12.8. The fourth-order valence-electron chi connectivity index (χ4n) is 5.38. The minimum Gasteiger partial charge on any atom is -0.457 e. The predicted octanol–water partition coefficient (Wildman–Crippen LogP) is 5.32. The van der Waals surface area contributed by atoms with Crippen LogP contribution in [0.3, 0.4) is 0 Å². The van der Waals surface area contributed by atoms with Gasteiger partial charge >= 0.3 is 6.61 Å². The highest BCUT2D eigenvalue weighted by Gasteiger charge is 2.23. The number of aryl methyl sites for hydroxylation is 1. The van der Waals surface area contributed by atoms with Gasteiger partial charge in [0.1, 0.15) is 28.5 Å². The molecule has 1 fully saturated rings. The van der Waals surface area contributed by atoms with E-state index in [1.165, 1.54) is 33.6 Å². The van der Waals surface area contributed by atoms with Crippen molar-refractivity contribution in [2.24, 2.45) is 13.0 Å². The van der Waals surface area contributed by atoms with Crippen molar-refractivity contribution in [1.29, 1.82) is 0 Å². The lowest BCUT2D eigenvalue weighted by Gasteiger charge is -2.27. The monoisotopic (exact) mass is 645 g/mol. The number of alkyl halides is 2. The summed E-state index contributed by atoms with van der Waals surface area (Å²) in [5.74, 6) is -0.212. The molecule has 47 heavy (non-hydrogen) atoms. The lowest BCUT2D eigenvalue weighted by Crippen LogP contribution is -2.37. The van der Waals surface area contributed by atoms with Crippen LogP contribution >= 0.6 is 0 Å². The molecular weight excluding hydrogens is 612 g/mol. The number of aromatic nitrogens is 5. The molecule has 1 amide bonds. The molecule has 1 saturated heterocycles. The van der Waals surface area contributed by atoms with Crippen molar-refractivity contribution in [3.05, 3.63) is 84.4 Å². The second kappa shape index (κ2) is 14.1. The van der Waals surface area contributed by atoms with Gasteiger partial charge in [0, 0.05) is 50.2 Å². The molecule has 1 N–H and O–H groups in total. The second-order valence-electron chi connectivity index (χ2n) is 11.1. The molecule has 2 aromatic carbocycles. The Kier molecular flexibility index (Phi) is 9.50. The average Bonchev–Trinajstić information content (AvgIpc) is 3.67. The number of ketones is 1. The Bertz CT molecular complexity index is 1890. The van der Waals surface area contributed by atoms with E-state index in [1.807, 2.05) is 6.92 Å². The molecule has 1 unspecified atom stereocenters. The number of nitrogens with one attached hydrogen (secondary N) is 1. The molecule has 5 aromatic rings. The van der Waals surface area contributed by atoms with Crippen LogP contribution in [0.5, 0.6) is 17.2 Å². The van der Waals surface area contributed by atoms with Gasteiger partial charge in [-0.15, -0.1) is 0 Å². The first-order valence-corrected chi connectivity index (χ1v) is 15.1. The van der Waals surface area contributed by atoms with Crippen LogP contribution in [0, 0.1) is 5.92 Å². The molecule has 0 radical (unpaired) electrons. The number of amides is 1. The molecule has 1 atom stereocenters. The van der Waals surface area contributed by atoms with Crippen LogP contribution in [0.1, 0.15) is 34.1 Å². The summed E-state index contributed by atoms with van der Waals surface area (Å²) in [6.07, 6.45) is 6.85. The number of hydrogen-bond acceptors (Lipinski definition) is 9. The van der Waals surface area contributed by atoms with Crippen LogP contribution in [-0.4, -0.2) is 80.4 Å². The number of ether oxygens (including phenoxy) is 3. The number of hydrogen-bond donors (Lipinski definition) is 1. The third-order valence-electron chi connectivity index (χ3n) is 7.81. The minimum atomic E-state index is -3.11. The third-order valence-corrected chi connectivity index (χ3v) is 7.81. The lowest BCUT2D eigenvalue weighted by atomic mass is 9.96. The summed E-state index contributed by atoms with van der Waals surface area (Å²) in [7, 11) is 1.63. The maximum atomic E-state index is 13.5. The number of halogens is 2. The van der Waals surface area contributed by atoms with Crippen molar-refractivity contribution in [2.45, 2.75) is 20.0 Å². The number of benzene rings is 2. The molecule has 1 aliphatic heterocycles. The Morgan fingerprint density at radius 2 is 1.89 bits per heavy atom. The van der Waals surface area contributed by atoms with E-state index in [-0.39, 0.29) is 45.7 Å². The van der Waals surface area contributed by atoms with E-state index in [0.29, 0.717) is 30.2 Å². The smallest absolute Gasteiger partial charge is 0.387 e. The molecule has 3 aromatic heterocycles. The third kappa shape index (κ3) is 7.45. The second-order valence-corrected chi connectivity index (χ2v) is 11.1. The molecule has 244 valence electrons. The van der Waals surface area contributed by atoms with Gasteiger partial charge < -0.3 is 19.5 Å². The van der Waals surface area contributed by atoms with E-state index < -0.39 is 12.5 Å². The average molecular weight is 646 g/mol. The highest BCUT2D eigenvalue weighted by Crippen LogP contribution is 2.39. The van der Waals surface area contributed by atoms with Crippen LogP contribution in [0.4, 0.5) is 14.5 Å². The van der Waals surface area contributed by atoms with E-state index in [2.05, 4.69) is 25.4 Å². The van der Waals surface area contributed by atoms with Crippen LogP contribution in [0.15, 0.2) is 73.3 Å². The van der Waals surface area contributed by atoms with Crippen molar-refractivity contribution >= 4 is 23.0 Å². The van der Waals surface area contributed by atoms with Crippen LogP contribution < -0.4 is 14.8 Å². The Morgan fingerprint density at radius 1 is 1.09 bits per heavy atom. The maximum absolute atomic E-state index is 13.5. The molecule has 6 rings (SSSR count). The normalized spacial score (nSPS) is 14.3. The summed E-state index contributed by atoms with van der Waals surface area (Å²) in [6.45, 7) is 2.75. The van der Waals surface area contributed by atoms with Crippen molar-refractivity contribution in [2.75, 3.05) is 38.2 Å². The topological polar surface area (TPSA) is 125 Å². The number of Topliss-reactive ketones (excluding diaryl/α,β-unsaturated/α-hetero) is 1. The molecule has 14 heteroatoms. The van der Waals surface area contributed by atoms with E-state index in [4.69, 9.17) is 14.2 Å². The van der Waals surface area contributed by atoms with Gasteiger partial charge in [0.25, 0.3) is 5.91 Å².